The summed E-state index contributed by atoms with van der Waals surface area (Å²) in [4.78, 5) is 33.3. The Morgan fingerprint density at radius 3 is 2.46 bits per heavy atom. The molecule has 1 heterocycles. The maximum atomic E-state index is 12.3. The SMILES string of the molecule is CSc1nc(C)c(CCC(=O)OC(C)C(=O)Nc2cc(Cl)ccc2C)c(C)n1. The number of aromatic nitrogens is 2. The zero-order valence-electron chi connectivity index (χ0n) is 16.6. The first-order valence-corrected chi connectivity index (χ1v) is 10.5. The van der Waals surface area contributed by atoms with Crippen molar-refractivity contribution in [1.29, 1.82) is 0 Å². The Bertz CT molecular complexity index is 866. The molecule has 8 heteroatoms. The van der Waals surface area contributed by atoms with E-state index in [2.05, 4.69) is 15.3 Å². The molecule has 2 rings (SSSR count). The summed E-state index contributed by atoms with van der Waals surface area (Å²) in [5.41, 5.74) is 4.11. The van der Waals surface area contributed by atoms with Crippen LogP contribution in [0.3, 0.4) is 0 Å². The zero-order valence-corrected chi connectivity index (χ0v) is 18.2. The highest BCUT2D eigenvalue weighted by Gasteiger charge is 2.19. The second-order valence-corrected chi connectivity index (χ2v) is 7.65. The average molecular weight is 422 g/mol. The predicted octanol–water partition coefficient (Wildman–Crippen LogP) is 4.28. The van der Waals surface area contributed by atoms with Crippen molar-refractivity contribution in [2.24, 2.45) is 0 Å². The number of aryl methyl sites for hydroxylation is 3. The van der Waals surface area contributed by atoms with Gasteiger partial charge < -0.3 is 10.1 Å². The number of hydrogen-bond donors (Lipinski definition) is 1. The maximum absolute atomic E-state index is 12.3. The van der Waals surface area contributed by atoms with Gasteiger partial charge in [0.05, 0.1) is 0 Å². The normalized spacial score (nSPS) is 11.8. The van der Waals surface area contributed by atoms with Gasteiger partial charge in [-0.05, 0) is 63.6 Å². The van der Waals surface area contributed by atoms with Crippen molar-refractivity contribution in [3.05, 3.63) is 45.7 Å². The maximum Gasteiger partial charge on any atom is 0.306 e. The van der Waals surface area contributed by atoms with E-state index in [1.165, 1.54) is 11.8 Å². The molecule has 0 aliphatic rings. The number of thioether (sulfide) groups is 1. The van der Waals surface area contributed by atoms with Gasteiger partial charge in [-0.15, -0.1) is 0 Å². The number of ether oxygens (including phenoxy) is 1. The van der Waals surface area contributed by atoms with Crippen molar-refractivity contribution in [2.45, 2.75) is 51.8 Å². The first-order valence-electron chi connectivity index (χ1n) is 8.86. The Morgan fingerprint density at radius 2 is 1.86 bits per heavy atom. The monoisotopic (exact) mass is 421 g/mol. The number of carbonyl (C=O) groups is 2. The molecule has 0 saturated heterocycles. The van der Waals surface area contributed by atoms with Crippen LogP contribution in [0.2, 0.25) is 5.02 Å². The first-order chi connectivity index (χ1) is 13.2. The molecule has 1 amide bonds. The molecule has 28 heavy (non-hydrogen) atoms. The lowest BCUT2D eigenvalue weighted by Crippen LogP contribution is -2.30. The number of nitrogens with one attached hydrogen (secondary N) is 1. The minimum absolute atomic E-state index is 0.150. The summed E-state index contributed by atoms with van der Waals surface area (Å²) >= 11 is 7.44. The largest absolute Gasteiger partial charge is 0.453 e. The molecule has 6 nitrogen and oxygen atoms in total. The van der Waals surface area contributed by atoms with Crippen LogP contribution < -0.4 is 5.32 Å². The third-order valence-corrected chi connectivity index (χ3v) is 5.08. The Morgan fingerprint density at radius 1 is 1.21 bits per heavy atom. The first kappa shape index (κ1) is 22.2. The molecule has 0 radical (unpaired) electrons. The summed E-state index contributed by atoms with van der Waals surface area (Å²) in [7, 11) is 0. The molecule has 1 N–H and O–H groups in total. The molecular formula is C20H24ClN3O3S. The van der Waals surface area contributed by atoms with Crippen LogP contribution in [0.1, 0.15) is 35.9 Å². The summed E-state index contributed by atoms with van der Waals surface area (Å²) in [5.74, 6) is -0.850. The second-order valence-electron chi connectivity index (χ2n) is 6.44. The van der Waals surface area contributed by atoms with E-state index in [1.807, 2.05) is 33.1 Å². The Labute approximate surface area is 174 Å². The topological polar surface area (TPSA) is 81.2 Å². The van der Waals surface area contributed by atoms with Gasteiger partial charge in [0, 0.05) is 28.5 Å². The molecule has 1 atom stereocenters. The molecule has 1 aromatic heterocycles. The second kappa shape index (κ2) is 9.89. The van der Waals surface area contributed by atoms with Gasteiger partial charge in [0.15, 0.2) is 11.3 Å². The summed E-state index contributed by atoms with van der Waals surface area (Å²) < 4.78 is 5.27. The summed E-state index contributed by atoms with van der Waals surface area (Å²) in [6, 6.07) is 5.21. The molecular weight excluding hydrogens is 398 g/mol. The van der Waals surface area contributed by atoms with E-state index >= 15 is 0 Å². The lowest BCUT2D eigenvalue weighted by atomic mass is 10.1. The molecule has 0 aliphatic heterocycles. The number of nitrogens with zero attached hydrogens (tertiary/aromatic N) is 2. The van der Waals surface area contributed by atoms with Gasteiger partial charge in [0.2, 0.25) is 0 Å². The van der Waals surface area contributed by atoms with Gasteiger partial charge in [-0.25, -0.2) is 9.97 Å². The molecule has 0 aliphatic carbocycles. The van der Waals surface area contributed by atoms with E-state index in [1.54, 1.807) is 19.1 Å². The summed E-state index contributed by atoms with van der Waals surface area (Å²) in [6.45, 7) is 7.20. The van der Waals surface area contributed by atoms with Gasteiger partial charge in [-0.2, -0.15) is 0 Å². The number of hydrogen-bond acceptors (Lipinski definition) is 6. The fraction of sp³-hybridized carbons (Fsp3) is 0.400. The van der Waals surface area contributed by atoms with Crippen LogP contribution in [-0.4, -0.2) is 34.2 Å². The van der Waals surface area contributed by atoms with E-state index in [4.69, 9.17) is 16.3 Å². The number of halogens is 1. The van der Waals surface area contributed by atoms with E-state index in [9.17, 15) is 9.59 Å². The van der Waals surface area contributed by atoms with Gasteiger partial charge in [0.1, 0.15) is 0 Å². The highest BCUT2D eigenvalue weighted by molar-refractivity contribution is 7.98. The lowest BCUT2D eigenvalue weighted by molar-refractivity contribution is -0.153. The van der Waals surface area contributed by atoms with E-state index in [-0.39, 0.29) is 6.42 Å². The average Bonchev–Trinajstić information content (AvgIpc) is 2.63. The number of rotatable bonds is 7. The number of anilines is 1. The fourth-order valence-electron chi connectivity index (χ4n) is 2.66. The van der Waals surface area contributed by atoms with Gasteiger partial charge in [-0.3, -0.25) is 9.59 Å². The quantitative estimate of drug-likeness (QED) is 0.408. The molecule has 1 unspecified atom stereocenters. The van der Waals surface area contributed by atoms with Crippen LogP contribution in [0.4, 0.5) is 5.69 Å². The van der Waals surface area contributed by atoms with Gasteiger partial charge in [-0.1, -0.05) is 29.4 Å². The van der Waals surface area contributed by atoms with Crippen molar-refractivity contribution in [1.82, 2.24) is 9.97 Å². The molecule has 0 bridgehead atoms. The molecule has 150 valence electrons. The summed E-state index contributed by atoms with van der Waals surface area (Å²) in [5, 5.41) is 3.97. The van der Waals surface area contributed by atoms with Crippen LogP contribution in [0, 0.1) is 20.8 Å². The van der Waals surface area contributed by atoms with Crippen LogP contribution >= 0.6 is 23.4 Å². The number of amides is 1. The Balaban J connectivity index is 1.92. The third kappa shape index (κ3) is 5.94. The van der Waals surface area contributed by atoms with Gasteiger partial charge in [0.25, 0.3) is 5.91 Å². The van der Waals surface area contributed by atoms with Crippen molar-refractivity contribution >= 4 is 40.9 Å². The van der Waals surface area contributed by atoms with Crippen molar-refractivity contribution < 1.29 is 14.3 Å². The van der Waals surface area contributed by atoms with Crippen LogP contribution in [0.25, 0.3) is 0 Å². The third-order valence-electron chi connectivity index (χ3n) is 4.30. The van der Waals surface area contributed by atoms with Crippen LogP contribution in [0.15, 0.2) is 23.4 Å². The predicted molar refractivity (Wildman–Crippen MR) is 112 cm³/mol. The van der Waals surface area contributed by atoms with Crippen LogP contribution in [-0.2, 0) is 20.7 Å². The van der Waals surface area contributed by atoms with E-state index < -0.39 is 18.0 Å². The highest BCUT2D eigenvalue weighted by atomic mass is 35.5. The number of benzene rings is 1. The molecule has 0 saturated carbocycles. The Kier molecular flexibility index (Phi) is 7.83. The van der Waals surface area contributed by atoms with E-state index in [0.29, 0.717) is 22.3 Å². The highest BCUT2D eigenvalue weighted by Crippen LogP contribution is 2.21. The van der Waals surface area contributed by atoms with Crippen molar-refractivity contribution in [3.63, 3.8) is 0 Å². The van der Waals surface area contributed by atoms with Crippen molar-refractivity contribution in [3.8, 4) is 0 Å². The molecule has 2 aromatic rings. The number of esters is 1. The van der Waals surface area contributed by atoms with Crippen molar-refractivity contribution in [2.75, 3.05) is 11.6 Å². The fourth-order valence-corrected chi connectivity index (χ4v) is 3.29. The molecule has 0 fully saturated rings. The smallest absolute Gasteiger partial charge is 0.306 e. The molecule has 0 spiro atoms. The lowest BCUT2D eigenvalue weighted by Gasteiger charge is -2.15. The zero-order chi connectivity index (χ0) is 20.8. The summed E-state index contributed by atoms with van der Waals surface area (Å²) in [6.07, 6.45) is 1.62. The number of carbonyl (C=O) groups excluding carboxylic acids is 2. The van der Waals surface area contributed by atoms with Gasteiger partial charge >= 0.3 is 5.97 Å². The van der Waals surface area contributed by atoms with Crippen LogP contribution in [0.5, 0.6) is 0 Å². The molecule has 1 aromatic carbocycles. The van der Waals surface area contributed by atoms with E-state index in [0.717, 1.165) is 22.5 Å². The minimum atomic E-state index is -0.914. The standard InChI is InChI=1S/C20H24ClN3O3S/c1-11-6-7-15(21)10-17(11)24-19(26)14(4)27-18(25)9-8-16-12(2)22-20(28-5)23-13(16)3/h6-7,10,14H,8-9H2,1-5H3,(H,24,26). The minimum Gasteiger partial charge on any atom is -0.453 e. The Hall–Kier alpha value is -2.12.